The van der Waals surface area contributed by atoms with Gasteiger partial charge in [0.2, 0.25) is 0 Å². The molecule has 0 unspecified atom stereocenters. The van der Waals surface area contributed by atoms with Gasteiger partial charge in [0, 0.05) is 0 Å². The lowest BCUT2D eigenvalue weighted by Gasteiger charge is -2.14. The summed E-state index contributed by atoms with van der Waals surface area (Å²) in [7, 11) is 0. The van der Waals surface area contributed by atoms with Gasteiger partial charge in [0.05, 0.1) is 0 Å². The minimum Gasteiger partial charge on any atom is -0.487 e. The zero-order chi connectivity index (χ0) is 13.4. The highest BCUT2D eigenvalue weighted by molar-refractivity contribution is 5.10. The van der Waals surface area contributed by atoms with E-state index in [0.717, 1.165) is 31.8 Å². The number of ether oxygens (including phenoxy) is 1. The highest BCUT2D eigenvalue weighted by atomic mass is 19.3. The second-order valence-corrected chi connectivity index (χ2v) is 4.64. The Hall–Kier alpha value is -1.12. The minimum absolute atomic E-state index is 0.326. The van der Waals surface area contributed by atoms with Crippen molar-refractivity contribution in [1.82, 2.24) is 0 Å². The monoisotopic (exact) mass is 256 g/mol. The van der Waals surface area contributed by atoms with Crippen LogP contribution >= 0.6 is 0 Å². The third-order valence-corrected chi connectivity index (χ3v) is 3.06. The normalized spacial score (nSPS) is 19.2. The van der Waals surface area contributed by atoms with Crippen LogP contribution < -0.4 is 0 Å². The molecule has 0 aromatic rings. The predicted molar refractivity (Wildman–Crippen MR) is 70.6 cm³/mol. The van der Waals surface area contributed by atoms with Crippen LogP contribution in [0.2, 0.25) is 0 Å². The summed E-state index contributed by atoms with van der Waals surface area (Å²) in [5.41, 5.74) is 0. The molecule has 18 heavy (non-hydrogen) atoms. The first-order valence-electron chi connectivity index (χ1n) is 6.56. The van der Waals surface area contributed by atoms with Gasteiger partial charge in [0.25, 0.3) is 5.92 Å². The number of rotatable bonds is 6. The molecular formula is C15H22F2O. The van der Waals surface area contributed by atoms with Crippen LogP contribution in [0, 0.1) is 5.92 Å². The molecule has 0 amide bonds. The Bertz CT molecular complexity index is 323. The Labute approximate surface area is 108 Å². The molecule has 0 saturated heterocycles. The zero-order valence-electron chi connectivity index (χ0n) is 11.2. The van der Waals surface area contributed by atoms with Crippen molar-refractivity contribution in [2.24, 2.45) is 5.92 Å². The molecule has 102 valence electrons. The summed E-state index contributed by atoms with van der Waals surface area (Å²) in [4.78, 5) is 0. The highest BCUT2D eigenvalue weighted by Crippen LogP contribution is 2.27. The van der Waals surface area contributed by atoms with Gasteiger partial charge in [-0.15, -0.1) is 0 Å². The van der Waals surface area contributed by atoms with Crippen molar-refractivity contribution in [3.63, 3.8) is 0 Å². The van der Waals surface area contributed by atoms with E-state index in [1.807, 2.05) is 6.92 Å². The maximum atomic E-state index is 13.6. The van der Waals surface area contributed by atoms with E-state index in [0.29, 0.717) is 11.7 Å². The highest BCUT2D eigenvalue weighted by Gasteiger charge is 2.27. The number of hydrogen-bond acceptors (Lipinski definition) is 1. The molecule has 0 aliphatic heterocycles. The summed E-state index contributed by atoms with van der Waals surface area (Å²) in [5, 5.41) is 0. The lowest BCUT2D eigenvalue weighted by molar-refractivity contribution is -0.0165. The van der Waals surface area contributed by atoms with Gasteiger partial charge in [0.15, 0.2) is 6.61 Å². The van der Waals surface area contributed by atoms with Crippen LogP contribution in [0.5, 0.6) is 0 Å². The van der Waals surface area contributed by atoms with Gasteiger partial charge in [0.1, 0.15) is 5.76 Å². The van der Waals surface area contributed by atoms with E-state index in [-0.39, 0.29) is 0 Å². The van der Waals surface area contributed by atoms with Gasteiger partial charge < -0.3 is 4.74 Å². The minimum atomic E-state index is -2.89. The van der Waals surface area contributed by atoms with Crippen molar-refractivity contribution in [2.45, 2.75) is 45.5 Å². The Morgan fingerprint density at radius 3 is 2.50 bits per heavy atom. The molecule has 1 saturated carbocycles. The molecule has 0 aromatic heterocycles. The van der Waals surface area contributed by atoms with E-state index in [4.69, 9.17) is 4.74 Å². The average molecular weight is 256 g/mol. The number of hydrogen-bond donors (Lipinski definition) is 0. The molecule has 1 nitrogen and oxygen atoms in total. The first-order valence-corrected chi connectivity index (χ1v) is 6.56. The summed E-state index contributed by atoms with van der Waals surface area (Å²) in [5.74, 6) is -2.09. The van der Waals surface area contributed by atoms with E-state index in [2.05, 4.69) is 0 Å². The Balaban J connectivity index is 2.43. The van der Waals surface area contributed by atoms with E-state index in [1.165, 1.54) is 0 Å². The number of halogens is 2. The largest absolute Gasteiger partial charge is 0.487 e. The molecule has 0 radical (unpaired) electrons. The quantitative estimate of drug-likeness (QED) is 0.374. The van der Waals surface area contributed by atoms with Crippen LogP contribution in [0.4, 0.5) is 8.78 Å². The molecule has 0 aromatic carbocycles. The Kier molecular flexibility index (Phi) is 6.10. The molecule has 3 heteroatoms. The molecule has 1 aliphatic carbocycles. The molecule has 0 N–H and O–H groups in total. The van der Waals surface area contributed by atoms with E-state index in [9.17, 15) is 8.78 Å². The van der Waals surface area contributed by atoms with Crippen LogP contribution in [0.1, 0.15) is 39.5 Å². The smallest absolute Gasteiger partial charge is 0.299 e. The van der Waals surface area contributed by atoms with E-state index in [1.54, 1.807) is 31.2 Å². The molecule has 1 aliphatic rings. The average Bonchev–Trinajstić information content (AvgIpc) is 2.85. The molecule has 0 atom stereocenters. The predicted octanol–water partition coefficient (Wildman–Crippen LogP) is 4.86. The second-order valence-electron chi connectivity index (χ2n) is 4.64. The molecule has 0 spiro atoms. The zero-order valence-corrected chi connectivity index (χ0v) is 11.2. The van der Waals surface area contributed by atoms with Crippen LogP contribution in [0.3, 0.4) is 0 Å². The maximum absolute atomic E-state index is 13.6. The molecule has 0 heterocycles. The van der Waals surface area contributed by atoms with Crippen molar-refractivity contribution in [1.29, 1.82) is 0 Å². The molecule has 1 rings (SSSR count). The second kappa shape index (κ2) is 7.34. The van der Waals surface area contributed by atoms with Crippen LogP contribution in [-0.4, -0.2) is 12.5 Å². The SMILES string of the molecule is C/C=C\C(=C/C)OCC(F)(F)/C=C/C1CCCC1. The van der Waals surface area contributed by atoms with E-state index >= 15 is 0 Å². The Morgan fingerprint density at radius 2 is 1.94 bits per heavy atom. The van der Waals surface area contributed by atoms with Gasteiger partial charge in [-0.05, 0) is 50.8 Å². The van der Waals surface area contributed by atoms with Crippen molar-refractivity contribution in [3.8, 4) is 0 Å². The molecular weight excluding hydrogens is 234 g/mol. The van der Waals surface area contributed by atoms with Gasteiger partial charge in [-0.1, -0.05) is 25.0 Å². The summed E-state index contributed by atoms with van der Waals surface area (Å²) in [6, 6.07) is 0. The summed E-state index contributed by atoms with van der Waals surface area (Å²) in [6.07, 6.45) is 12.2. The summed E-state index contributed by atoms with van der Waals surface area (Å²) >= 11 is 0. The summed E-state index contributed by atoms with van der Waals surface area (Å²) < 4.78 is 32.2. The topological polar surface area (TPSA) is 9.23 Å². The fraction of sp³-hybridized carbons (Fsp3) is 0.600. The van der Waals surface area contributed by atoms with Crippen LogP contribution in [0.15, 0.2) is 36.1 Å². The van der Waals surface area contributed by atoms with Gasteiger partial charge in [-0.2, -0.15) is 8.78 Å². The van der Waals surface area contributed by atoms with Crippen molar-refractivity contribution < 1.29 is 13.5 Å². The van der Waals surface area contributed by atoms with Crippen molar-refractivity contribution >= 4 is 0 Å². The standard InChI is InChI=1S/C15H22F2O/c1-3-7-14(4-2)18-12-15(16,17)11-10-13-8-5-6-9-13/h3-4,7,10-11,13H,5-6,8-9,12H2,1-2H3/b7-3-,11-10+,14-4+. The van der Waals surface area contributed by atoms with Crippen LogP contribution in [-0.2, 0) is 4.74 Å². The fourth-order valence-electron chi connectivity index (χ4n) is 2.05. The Morgan fingerprint density at radius 1 is 1.28 bits per heavy atom. The molecule has 0 bridgehead atoms. The lowest BCUT2D eigenvalue weighted by atomic mass is 10.1. The number of alkyl halides is 2. The van der Waals surface area contributed by atoms with Gasteiger partial charge in [-0.3, -0.25) is 0 Å². The molecule has 1 fully saturated rings. The fourth-order valence-corrected chi connectivity index (χ4v) is 2.05. The lowest BCUT2D eigenvalue weighted by Crippen LogP contribution is -2.20. The van der Waals surface area contributed by atoms with Crippen molar-refractivity contribution in [3.05, 3.63) is 36.1 Å². The first kappa shape index (κ1) is 14.9. The van der Waals surface area contributed by atoms with Crippen LogP contribution in [0.25, 0.3) is 0 Å². The summed E-state index contributed by atoms with van der Waals surface area (Å²) in [6.45, 7) is 2.99. The van der Waals surface area contributed by atoms with Gasteiger partial charge >= 0.3 is 0 Å². The number of allylic oxidation sites excluding steroid dienone is 4. The van der Waals surface area contributed by atoms with Crippen molar-refractivity contribution in [2.75, 3.05) is 6.61 Å². The third kappa shape index (κ3) is 5.48. The first-order chi connectivity index (χ1) is 8.57. The van der Waals surface area contributed by atoms with Gasteiger partial charge in [-0.25, -0.2) is 0 Å². The third-order valence-electron chi connectivity index (χ3n) is 3.06. The maximum Gasteiger partial charge on any atom is 0.299 e. The van der Waals surface area contributed by atoms with E-state index < -0.39 is 12.5 Å².